The summed E-state index contributed by atoms with van der Waals surface area (Å²) in [6.07, 6.45) is 1.10. The number of aryl methyl sites for hydroxylation is 2. The van der Waals surface area contributed by atoms with Crippen LogP contribution in [0.15, 0.2) is 18.2 Å². The van der Waals surface area contributed by atoms with E-state index in [0.29, 0.717) is 12.5 Å². The van der Waals surface area contributed by atoms with E-state index in [1.54, 1.807) is 0 Å². The molecular formula is C15H24ClN3O. The molecule has 1 fully saturated rings. The van der Waals surface area contributed by atoms with Gasteiger partial charge in [0.2, 0.25) is 5.91 Å². The molecule has 1 aromatic carbocycles. The average molecular weight is 298 g/mol. The molecule has 5 heteroatoms. The van der Waals surface area contributed by atoms with Gasteiger partial charge in [0.1, 0.15) is 0 Å². The van der Waals surface area contributed by atoms with Crippen LogP contribution in [-0.2, 0) is 4.79 Å². The smallest absolute Gasteiger partial charge is 0.238 e. The van der Waals surface area contributed by atoms with Crippen molar-refractivity contribution in [2.24, 2.45) is 11.7 Å². The van der Waals surface area contributed by atoms with Crippen molar-refractivity contribution in [3.63, 3.8) is 0 Å². The Labute approximate surface area is 127 Å². The zero-order valence-electron chi connectivity index (χ0n) is 12.2. The normalized spacial score (nSPS) is 18.6. The summed E-state index contributed by atoms with van der Waals surface area (Å²) in [7, 11) is 0. The standard InChI is InChI=1S/C15H23N3O.ClH/c1-11-4-3-5-12(2)15(11)17-14(19)10-18-7-6-13(8-16)9-18;/h3-5,13H,6-10,16H2,1-2H3,(H,17,19);1H. The van der Waals surface area contributed by atoms with Crippen LogP contribution in [0.5, 0.6) is 0 Å². The summed E-state index contributed by atoms with van der Waals surface area (Å²) < 4.78 is 0. The van der Waals surface area contributed by atoms with Crippen molar-refractivity contribution in [2.45, 2.75) is 20.3 Å². The van der Waals surface area contributed by atoms with Crippen molar-refractivity contribution in [3.05, 3.63) is 29.3 Å². The van der Waals surface area contributed by atoms with Gasteiger partial charge < -0.3 is 11.1 Å². The van der Waals surface area contributed by atoms with E-state index in [2.05, 4.69) is 10.2 Å². The lowest BCUT2D eigenvalue weighted by Crippen LogP contribution is -2.32. The second-order valence-corrected chi connectivity index (χ2v) is 5.44. The van der Waals surface area contributed by atoms with Crippen LogP contribution >= 0.6 is 12.4 Å². The Morgan fingerprint density at radius 1 is 1.40 bits per heavy atom. The van der Waals surface area contributed by atoms with Gasteiger partial charge in [-0.25, -0.2) is 0 Å². The van der Waals surface area contributed by atoms with Crippen molar-refractivity contribution in [1.82, 2.24) is 4.90 Å². The molecule has 1 aliphatic heterocycles. The van der Waals surface area contributed by atoms with Gasteiger partial charge in [-0.2, -0.15) is 0 Å². The molecule has 4 nitrogen and oxygen atoms in total. The minimum atomic E-state index is 0. The molecule has 1 atom stereocenters. The maximum Gasteiger partial charge on any atom is 0.238 e. The van der Waals surface area contributed by atoms with Crippen molar-refractivity contribution in [3.8, 4) is 0 Å². The maximum atomic E-state index is 12.1. The summed E-state index contributed by atoms with van der Waals surface area (Å²) in [5.74, 6) is 0.614. The highest BCUT2D eigenvalue weighted by Gasteiger charge is 2.23. The minimum Gasteiger partial charge on any atom is -0.330 e. The second-order valence-electron chi connectivity index (χ2n) is 5.44. The number of hydrogen-bond acceptors (Lipinski definition) is 3. The Bertz CT molecular complexity index is 444. The Balaban J connectivity index is 0.00000200. The highest BCUT2D eigenvalue weighted by atomic mass is 35.5. The van der Waals surface area contributed by atoms with Gasteiger partial charge in [0.15, 0.2) is 0 Å². The Hall–Kier alpha value is -1.10. The third kappa shape index (κ3) is 4.20. The van der Waals surface area contributed by atoms with Crippen LogP contribution in [0.3, 0.4) is 0 Å². The topological polar surface area (TPSA) is 58.4 Å². The molecule has 0 bridgehead atoms. The van der Waals surface area contributed by atoms with Crippen molar-refractivity contribution >= 4 is 24.0 Å². The summed E-state index contributed by atoms with van der Waals surface area (Å²) in [6, 6.07) is 6.04. The van der Waals surface area contributed by atoms with Crippen LogP contribution in [0.4, 0.5) is 5.69 Å². The molecule has 0 saturated carbocycles. The summed E-state index contributed by atoms with van der Waals surface area (Å²) in [5, 5.41) is 3.03. The number of amides is 1. The molecule has 1 amide bonds. The molecule has 112 valence electrons. The van der Waals surface area contributed by atoms with Gasteiger partial charge in [-0.3, -0.25) is 9.69 Å². The lowest BCUT2D eigenvalue weighted by atomic mass is 10.1. The van der Waals surface area contributed by atoms with Crippen LogP contribution in [0.25, 0.3) is 0 Å². The molecule has 0 aromatic heterocycles. The molecule has 0 aliphatic carbocycles. The SMILES string of the molecule is Cc1cccc(C)c1NC(=O)CN1CCC(CN)C1.Cl. The molecule has 1 unspecified atom stereocenters. The molecule has 20 heavy (non-hydrogen) atoms. The van der Waals surface area contributed by atoms with Crippen molar-refractivity contribution in [2.75, 3.05) is 31.5 Å². The molecule has 1 aliphatic rings. The van der Waals surface area contributed by atoms with E-state index in [-0.39, 0.29) is 18.3 Å². The zero-order valence-corrected chi connectivity index (χ0v) is 13.0. The van der Waals surface area contributed by atoms with Crippen LogP contribution in [0, 0.1) is 19.8 Å². The highest BCUT2D eigenvalue weighted by molar-refractivity contribution is 5.93. The number of carbonyl (C=O) groups is 1. The fourth-order valence-electron chi connectivity index (χ4n) is 2.64. The summed E-state index contributed by atoms with van der Waals surface area (Å²) >= 11 is 0. The van der Waals surface area contributed by atoms with E-state index in [1.807, 2.05) is 32.0 Å². The number of para-hydroxylation sites is 1. The average Bonchev–Trinajstić information content (AvgIpc) is 2.81. The second kappa shape index (κ2) is 7.62. The van der Waals surface area contributed by atoms with Crippen molar-refractivity contribution < 1.29 is 4.79 Å². The van der Waals surface area contributed by atoms with E-state index in [9.17, 15) is 4.79 Å². The minimum absolute atomic E-state index is 0. The monoisotopic (exact) mass is 297 g/mol. The molecule has 0 radical (unpaired) electrons. The van der Waals surface area contributed by atoms with E-state index < -0.39 is 0 Å². The van der Waals surface area contributed by atoms with Crippen LogP contribution in [0.2, 0.25) is 0 Å². The zero-order chi connectivity index (χ0) is 13.8. The molecular weight excluding hydrogens is 274 g/mol. The number of hydrogen-bond donors (Lipinski definition) is 2. The number of nitrogens with two attached hydrogens (primary N) is 1. The van der Waals surface area contributed by atoms with E-state index >= 15 is 0 Å². The fraction of sp³-hybridized carbons (Fsp3) is 0.533. The lowest BCUT2D eigenvalue weighted by molar-refractivity contribution is -0.117. The summed E-state index contributed by atoms with van der Waals surface area (Å²) in [6.45, 7) is 7.13. The van der Waals surface area contributed by atoms with Gasteiger partial charge in [0.25, 0.3) is 0 Å². The number of nitrogens with one attached hydrogen (secondary N) is 1. The third-order valence-corrected chi connectivity index (χ3v) is 3.82. The number of benzene rings is 1. The number of nitrogens with zero attached hydrogens (tertiary/aromatic N) is 1. The number of carbonyl (C=O) groups excluding carboxylic acids is 1. The van der Waals surface area contributed by atoms with Gasteiger partial charge in [0, 0.05) is 12.2 Å². The number of anilines is 1. The summed E-state index contributed by atoms with van der Waals surface area (Å²) in [5.41, 5.74) is 8.82. The molecule has 3 N–H and O–H groups in total. The Morgan fingerprint density at radius 2 is 2.05 bits per heavy atom. The maximum absolute atomic E-state index is 12.1. The predicted octanol–water partition coefficient (Wildman–Crippen LogP) is 1.94. The summed E-state index contributed by atoms with van der Waals surface area (Å²) in [4.78, 5) is 14.3. The first-order valence-corrected chi connectivity index (χ1v) is 6.88. The van der Waals surface area contributed by atoms with E-state index in [0.717, 1.165) is 42.9 Å². The Morgan fingerprint density at radius 3 is 2.60 bits per heavy atom. The van der Waals surface area contributed by atoms with E-state index in [4.69, 9.17) is 5.73 Å². The number of likely N-dealkylation sites (tertiary alicyclic amines) is 1. The first-order valence-electron chi connectivity index (χ1n) is 6.88. The van der Waals surface area contributed by atoms with Crippen LogP contribution < -0.4 is 11.1 Å². The van der Waals surface area contributed by atoms with Crippen molar-refractivity contribution in [1.29, 1.82) is 0 Å². The highest BCUT2D eigenvalue weighted by Crippen LogP contribution is 2.20. The van der Waals surface area contributed by atoms with Gasteiger partial charge >= 0.3 is 0 Å². The molecule has 1 aromatic rings. The van der Waals surface area contributed by atoms with Gasteiger partial charge in [-0.05, 0) is 50.4 Å². The largest absolute Gasteiger partial charge is 0.330 e. The van der Waals surface area contributed by atoms with Crippen LogP contribution in [-0.4, -0.2) is 37.0 Å². The Kier molecular flexibility index (Phi) is 6.46. The fourth-order valence-corrected chi connectivity index (χ4v) is 2.64. The third-order valence-electron chi connectivity index (χ3n) is 3.82. The first-order chi connectivity index (χ1) is 9.10. The quantitative estimate of drug-likeness (QED) is 0.893. The number of rotatable bonds is 4. The molecule has 2 rings (SSSR count). The van der Waals surface area contributed by atoms with Crippen LogP contribution in [0.1, 0.15) is 17.5 Å². The van der Waals surface area contributed by atoms with Gasteiger partial charge in [-0.1, -0.05) is 18.2 Å². The predicted molar refractivity (Wildman–Crippen MR) is 85.4 cm³/mol. The van der Waals surface area contributed by atoms with Gasteiger partial charge in [-0.15, -0.1) is 12.4 Å². The molecule has 1 heterocycles. The van der Waals surface area contributed by atoms with E-state index in [1.165, 1.54) is 0 Å². The first kappa shape index (κ1) is 17.0. The lowest BCUT2D eigenvalue weighted by Gasteiger charge is -2.17. The number of halogens is 1. The van der Waals surface area contributed by atoms with Gasteiger partial charge in [0.05, 0.1) is 6.54 Å². The molecule has 0 spiro atoms. The molecule has 1 saturated heterocycles.